The SMILES string of the molecule is Cc1ccc(C(=O)c2nccn2CC=Cc2ccc(COC(C)(C)C(=O)O)cc2)cc1. The first-order chi connectivity index (χ1) is 14.8. The van der Waals surface area contributed by atoms with Gasteiger partial charge in [-0.3, -0.25) is 4.79 Å². The standard InChI is InChI=1S/C25H26N2O4/c1-18-6-12-21(13-7-18)22(28)23-26-14-16-27(23)15-4-5-19-8-10-20(11-9-19)17-31-25(2,3)24(29)30/h4-14,16H,15,17H2,1-3H3,(H,29,30). The summed E-state index contributed by atoms with van der Waals surface area (Å²) in [5.41, 5.74) is 2.38. The molecule has 0 unspecified atom stereocenters. The van der Waals surface area contributed by atoms with Crippen molar-refractivity contribution in [1.29, 1.82) is 0 Å². The van der Waals surface area contributed by atoms with Crippen LogP contribution < -0.4 is 0 Å². The minimum atomic E-state index is -1.23. The molecule has 160 valence electrons. The molecule has 0 atom stereocenters. The van der Waals surface area contributed by atoms with Gasteiger partial charge < -0.3 is 14.4 Å². The Morgan fingerprint density at radius 1 is 1.10 bits per heavy atom. The zero-order valence-electron chi connectivity index (χ0n) is 17.9. The molecule has 0 aliphatic carbocycles. The predicted molar refractivity (Wildman–Crippen MR) is 119 cm³/mol. The van der Waals surface area contributed by atoms with Gasteiger partial charge >= 0.3 is 5.97 Å². The number of hydrogen-bond acceptors (Lipinski definition) is 4. The van der Waals surface area contributed by atoms with Crippen LogP contribution in [0.25, 0.3) is 6.08 Å². The number of nitrogens with zero attached hydrogens (tertiary/aromatic N) is 2. The summed E-state index contributed by atoms with van der Waals surface area (Å²) in [6.45, 7) is 5.78. The summed E-state index contributed by atoms with van der Waals surface area (Å²) in [7, 11) is 0. The van der Waals surface area contributed by atoms with E-state index in [4.69, 9.17) is 9.84 Å². The Kier molecular flexibility index (Phi) is 6.82. The highest BCUT2D eigenvalue weighted by Gasteiger charge is 2.27. The smallest absolute Gasteiger partial charge is 0.335 e. The number of imidazole rings is 1. The molecule has 1 N–H and O–H groups in total. The van der Waals surface area contributed by atoms with Crippen LogP contribution in [0.2, 0.25) is 0 Å². The monoisotopic (exact) mass is 418 g/mol. The van der Waals surface area contributed by atoms with E-state index in [0.29, 0.717) is 17.9 Å². The summed E-state index contributed by atoms with van der Waals surface area (Å²) in [5.74, 6) is -0.694. The van der Waals surface area contributed by atoms with E-state index in [1.54, 1.807) is 12.4 Å². The van der Waals surface area contributed by atoms with Gasteiger partial charge in [-0.05, 0) is 31.9 Å². The average Bonchev–Trinajstić information content (AvgIpc) is 3.21. The molecule has 6 nitrogen and oxygen atoms in total. The van der Waals surface area contributed by atoms with Crippen molar-refractivity contribution >= 4 is 17.8 Å². The molecule has 3 rings (SSSR count). The first kappa shape index (κ1) is 22.2. The van der Waals surface area contributed by atoms with Gasteiger partial charge in [0.2, 0.25) is 5.78 Å². The van der Waals surface area contributed by atoms with Crippen LogP contribution in [0.15, 0.2) is 67.0 Å². The zero-order chi connectivity index (χ0) is 22.4. The first-order valence-corrected chi connectivity index (χ1v) is 10.0. The van der Waals surface area contributed by atoms with Gasteiger partial charge in [-0.1, -0.05) is 66.2 Å². The molecule has 1 heterocycles. The van der Waals surface area contributed by atoms with E-state index in [2.05, 4.69) is 4.98 Å². The molecule has 0 saturated heterocycles. The van der Waals surface area contributed by atoms with Gasteiger partial charge in [0.25, 0.3) is 0 Å². The quantitative estimate of drug-likeness (QED) is 0.517. The third kappa shape index (κ3) is 5.77. The Morgan fingerprint density at radius 2 is 1.77 bits per heavy atom. The molecule has 6 heteroatoms. The largest absolute Gasteiger partial charge is 0.479 e. The Morgan fingerprint density at radius 3 is 2.42 bits per heavy atom. The normalized spacial score (nSPS) is 11.7. The minimum Gasteiger partial charge on any atom is -0.479 e. The van der Waals surface area contributed by atoms with Crippen molar-refractivity contribution in [2.45, 2.75) is 39.5 Å². The summed E-state index contributed by atoms with van der Waals surface area (Å²) >= 11 is 0. The number of aromatic nitrogens is 2. The van der Waals surface area contributed by atoms with Gasteiger partial charge in [-0.2, -0.15) is 0 Å². The van der Waals surface area contributed by atoms with Crippen LogP contribution in [0.3, 0.4) is 0 Å². The Balaban J connectivity index is 1.60. The molecule has 0 aliphatic rings. The van der Waals surface area contributed by atoms with Crippen molar-refractivity contribution in [2.75, 3.05) is 0 Å². The second kappa shape index (κ2) is 9.53. The molecular weight excluding hydrogens is 392 g/mol. The molecule has 0 aliphatic heterocycles. The maximum absolute atomic E-state index is 12.7. The number of rotatable bonds is 9. The number of aryl methyl sites for hydroxylation is 1. The Labute approximate surface area is 181 Å². The van der Waals surface area contributed by atoms with Crippen LogP contribution in [-0.2, 0) is 22.7 Å². The summed E-state index contributed by atoms with van der Waals surface area (Å²) in [6, 6.07) is 15.1. The van der Waals surface area contributed by atoms with Gasteiger partial charge in [0.05, 0.1) is 6.61 Å². The number of ether oxygens (including phenoxy) is 1. The van der Waals surface area contributed by atoms with E-state index in [1.165, 1.54) is 13.8 Å². The fraction of sp³-hybridized carbons (Fsp3) is 0.240. The van der Waals surface area contributed by atoms with Crippen LogP contribution in [0.4, 0.5) is 0 Å². The Bertz CT molecular complexity index is 1080. The first-order valence-electron chi connectivity index (χ1n) is 10.0. The van der Waals surface area contributed by atoms with Gasteiger partial charge in [0.15, 0.2) is 11.4 Å². The van der Waals surface area contributed by atoms with E-state index < -0.39 is 11.6 Å². The van der Waals surface area contributed by atoms with Crippen molar-refractivity contribution in [2.24, 2.45) is 0 Å². The average molecular weight is 418 g/mol. The van der Waals surface area contributed by atoms with Gasteiger partial charge in [0, 0.05) is 24.5 Å². The summed E-state index contributed by atoms with van der Waals surface area (Å²) < 4.78 is 7.28. The summed E-state index contributed by atoms with van der Waals surface area (Å²) in [5, 5.41) is 9.11. The number of hydrogen-bond donors (Lipinski definition) is 1. The number of carboxylic acid groups (broad SMARTS) is 1. The topological polar surface area (TPSA) is 81.4 Å². The molecule has 0 spiro atoms. The van der Waals surface area contributed by atoms with E-state index >= 15 is 0 Å². The fourth-order valence-corrected chi connectivity index (χ4v) is 2.85. The number of aliphatic carboxylic acids is 1. The highest BCUT2D eigenvalue weighted by Crippen LogP contribution is 2.15. The van der Waals surface area contributed by atoms with Crippen LogP contribution in [0.1, 0.15) is 46.7 Å². The number of carbonyl (C=O) groups excluding carboxylic acids is 1. The lowest BCUT2D eigenvalue weighted by Crippen LogP contribution is -2.34. The molecular formula is C25H26N2O4. The molecule has 0 saturated carbocycles. The van der Waals surface area contributed by atoms with Crippen LogP contribution >= 0.6 is 0 Å². The third-order valence-corrected chi connectivity index (χ3v) is 4.94. The molecule has 0 bridgehead atoms. The minimum absolute atomic E-state index is 0.105. The highest BCUT2D eigenvalue weighted by molar-refractivity contribution is 6.06. The molecule has 3 aromatic rings. The van der Waals surface area contributed by atoms with Gasteiger partial charge in [-0.25, -0.2) is 9.78 Å². The van der Waals surface area contributed by atoms with Crippen molar-refractivity contribution < 1.29 is 19.4 Å². The fourth-order valence-electron chi connectivity index (χ4n) is 2.85. The number of carbonyl (C=O) groups is 2. The molecule has 2 aromatic carbocycles. The lowest BCUT2D eigenvalue weighted by atomic mass is 10.1. The summed E-state index contributed by atoms with van der Waals surface area (Å²) in [4.78, 5) is 28.1. The number of carboxylic acids is 1. The van der Waals surface area contributed by atoms with E-state index in [1.807, 2.05) is 72.2 Å². The van der Waals surface area contributed by atoms with Crippen molar-refractivity contribution in [3.8, 4) is 0 Å². The second-order valence-corrected chi connectivity index (χ2v) is 7.85. The van der Waals surface area contributed by atoms with Crippen molar-refractivity contribution in [1.82, 2.24) is 9.55 Å². The maximum Gasteiger partial charge on any atom is 0.335 e. The molecule has 0 radical (unpaired) electrons. The maximum atomic E-state index is 12.7. The predicted octanol–water partition coefficient (Wildman–Crippen LogP) is 4.52. The van der Waals surface area contributed by atoms with E-state index in [-0.39, 0.29) is 12.4 Å². The number of benzene rings is 2. The zero-order valence-corrected chi connectivity index (χ0v) is 17.9. The van der Waals surface area contributed by atoms with Gasteiger partial charge in [-0.15, -0.1) is 0 Å². The second-order valence-electron chi connectivity index (χ2n) is 7.85. The van der Waals surface area contributed by atoms with Crippen LogP contribution in [0.5, 0.6) is 0 Å². The van der Waals surface area contributed by atoms with E-state index in [0.717, 1.165) is 16.7 Å². The molecule has 31 heavy (non-hydrogen) atoms. The molecule has 0 amide bonds. The Hall–Kier alpha value is -3.51. The number of ketones is 1. The van der Waals surface area contributed by atoms with Crippen LogP contribution in [0, 0.1) is 6.92 Å². The van der Waals surface area contributed by atoms with Crippen LogP contribution in [-0.4, -0.2) is 32.0 Å². The van der Waals surface area contributed by atoms with Crippen molar-refractivity contribution in [3.63, 3.8) is 0 Å². The number of allylic oxidation sites excluding steroid dienone is 1. The van der Waals surface area contributed by atoms with Crippen molar-refractivity contribution in [3.05, 3.63) is 95.1 Å². The lowest BCUT2D eigenvalue weighted by molar-refractivity contribution is -0.162. The highest BCUT2D eigenvalue weighted by atomic mass is 16.5. The lowest BCUT2D eigenvalue weighted by Gasteiger charge is -2.20. The summed E-state index contributed by atoms with van der Waals surface area (Å²) in [6.07, 6.45) is 7.34. The molecule has 0 fully saturated rings. The molecule has 1 aromatic heterocycles. The van der Waals surface area contributed by atoms with E-state index in [9.17, 15) is 9.59 Å². The van der Waals surface area contributed by atoms with Gasteiger partial charge in [0.1, 0.15) is 0 Å². The third-order valence-electron chi connectivity index (χ3n) is 4.94.